The summed E-state index contributed by atoms with van der Waals surface area (Å²) in [6, 6.07) is 0. The van der Waals surface area contributed by atoms with E-state index in [1.54, 1.807) is 0 Å². The van der Waals surface area contributed by atoms with Crippen LogP contribution in [0.25, 0.3) is 0 Å². The van der Waals surface area contributed by atoms with Gasteiger partial charge in [-0.25, -0.2) is 4.79 Å². The van der Waals surface area contributed by atoms with Gasteiger partial charge in [0.05, 0.1) is 6.10 Å². The van der Waals surface area contributed by atoms with Gasteiger partial charge in [-0.15, -0.1) is 0 Å². The third-order valence-corrected chi connectivity index (χ3v) is 4.63. The predicted octanol–water partition coefficient (Wildman–Crippen LogP) is 3.04. The Labute approximate surface area is 141 Å². The molecule has 0 bridgehead atoms. The fourth-order valence-electron chi connectivity index (χ4n) is 3.49. The second-order valence-electron chi connectivity index (χ2n) is 8.16. The van der Waals surface area contributed by atoms with Crippen molar-refractivity contribution in [1.29, 1.82) is 0 Å². The Balaban J connectivity index is 1.68. The van der Waals surface area contributed by atoms with Crippen molar-refractivity contribution < 1.29 is 14.3 Å². The lowest BCUT2D eigenvalue weighted by Crippen LogP contribution is -2.45. The maximum Gasteiger partial charge on any atom is 0.410 e. The third kappa shape index (κ3) is 6.68. The molecule has 2 rings (SSSR count). The zero-order valence-corrected chi connectivity index (χ0v) is 15.3. The number of hydrogen-bond donors (Lipinski definition) is 1. The minimum atomic E-state index is -0.415. The van der Waals surface area contributed by atoms with Crippen LogP contribution in [-0.4, -0.2) is 55.5 Å². The topological polar surface area (TPSA) is 50.8 Å². The molecule has 0 aromatic rings. The number of nitrogens with one attached hydrogen (secondary N) is 1. The summed E-state index contributed by atoms with van der Waals surface area (Å²) < 4.78 is 11.1. The number of piperidine rings is 1. The van der Waals surface area contributed by atoms with Crippen molar-refractivity contribution >= 4 is 6.09 Å². The number of nitrogens with zero attached hydrogens (tertiary/aromatic N) is 1. The summed E-state index contributed by atoms with van der Waals surface area (Å²) in [4.78, 5) is 14.1. The van der Waals surface area contributed by atoms with Crippen molar-refractivity contribution in [3.05, 3.63) is 0 Å². The molecule has 2 saturated heterocycles. The molecule has 23 heavy (non-hydrogen) atoms. The first-order valence-electron chi connectivity index (χ1n) is 9.14. The lowest BCUT2D eigenvalue weighted by atomic mass is 9.95. The number of rotatable bonds is 4. The van der Waals surface area contributed by atoms with E-state index in [1.807, 2.05) is 25.7 Å². The predicted molar refractivity (Wildman–Crippen MR) is 91.5 cm³/mol. The van der Waals surface area contributed by atoms with E-state index >= 15 is 0 Å². The monoisotopic (exact) mass is 326 g/mol. The third-order valence-electron chi connectivity index (χ3n) is 4.63. The minimum Gasteiger partial charge on any atom is -0.444 e. The van der Waals surface area contributed by atoms with Gasteiger partial charge in [0, 0.05) is 19.7 Å². The standard InChI is InChI=1S/C18H34N2O3/c1-14-10-15(7-9-22-14)11-19-12-16-6-5-8-20(13-16)17(21)23-18(2,3)4/h14-16,19H,5-13H2,1-4H3/t14-,15-,16+/m1/s1. The molecule has 2 fully saturated rings. The Hall–Kier alpha value is -0.810. The Morgan fingerprint density at radius 3 is 2.70 bits per heavy atom. The van der Waals surface area contributed by atoms with Crippen LogP contribution in [0.15, 0.2) is 0 Å². The van der Waals surface area contributed by atoms with Gasteiger partial charge in [-0.2, -0.15) is 0 Å². The minimum absolute atomic E-state index is 0.166. The maximum absolute atomic E-state index is 12.2. The number of carbonyl (C=O) groups excluding carboxylic acids is 1. The zero-order chi connectivity index (χ0) is 16.9. The van der Waals surface area contributed by atoms with E-state index in [-0.39, 0.29) is 6.09 Å². The summed E-state index contributed by atoms with van der Waals surface area (Å²) in [5.41, 5.74) is -0.415. The molecule has 134 valence electrons. The summed E-state index contributed by atoms with van der Waals surface area (Å²) in [5.74, 6) is 1.26. The van der Waals surface area contributed by atoms with E-state index in [0.29, 0.717) is 12.0 Å². The molecule has 1 amide bonds. The van der Waals surface area contributed by atoms with Crippen LogP contribution in [0.5, 0.6) is 0 Å². The molecule has 3 atom stereocenters. The van der Waals surface area contributed by atoms with Crippen molar-refractivity contribution in [1.82, 2.24) is 10.2 Å². The lowest BCUT2D eigenvalue weighted by Gasteiger charge is -2.34. The number of ether oxygens (including phenoxy) is 2. The number of likely N-dealkylation sites (tertiary alicyclic amines) is 1. The Morgan fingerprint density at radius 2 is 2.00 bits per heavy atom. The van der Waals surface area contributed by atoms with E-state index in [2.05, 4.69) is 12.2 Å². The number of amides is 1. The van der Waals surface area contributed by atoms with Gasteiger partial charge in [0.15, 0.2) is 0 Å². The lowest BCUT2D eigenvalue weighted by molar-refractivity contribution is 0.00209. The van der Waals surface area contributed by atoms with Gasteiger partial charge in [-0.1, -0.05) is 0 Å². The molecule has 0 aromatic carbocycles. The highest BCUT2D eigenvalue weighted by molar-refractivity contribution is 5.68. The van der Waals surface area contributed by atoms with E-state index < -0.39 is 5.60 Å². The fourth-order valence-corrected chi connectivity index (χ4v) is 3.49. The Kier molecular flexibility index (Phi) is 6.72. The summed E-state index contributed by atoms with van der Waals surface area (Å²) in [5, 5.41) is 3.62. The highest BCUT2D eigenvalue weighted by Gasteiger charge is 2.27. The molecular formula is C18H34N2O3. The second kappa shape index (κ2) is 8.34. The smallest absolute Gasteiger partial charge is 0.410 e. The van der Waals surface area contributed by atoms with Crippen LogP contribution >= 0.6 is 0 Å². The van der Waals surface area contributed by atoms with Crippen molar-refractivity contribution in [2.75, 3.05) is 32.8 Å². The summed E-state index contributed by atoms with van der Waals surface area (Å²) in [6.45, 7) is 12.5. The van der Waals surface area contributed by atoms with Gasteiger partial charge in [0.25, 0.3) is 0 Å². The van der Waals surface area contributed by atoms with Crippen LogP contribution in [0.2, 0.25) is 0 Å². The summed E-state index contributed by atoms with van der Waals surface area (Å²) >= 11 is 0. The first-order valence-corrected chi connectivity index (χ1v) is 9.14. The molecule has 5 heteroatoms. The van der Waals surface area contributed by atoms with Gasteiger partial charge in [-0.3, -0.25) is 0 Å². The number of hydrogen-bond acceptors (Lipinski definition) is 4. The van der Waals surface area contributed by atoms with Gasteiger partial charge < -0.3 is 19.7 Å². The molecule has 0 aromatic heterocycles. The molecule has 0 aliphatic carbocycles. The fraction of sp³-hybridized carbons (Fsp3) is 0.944. The number of carbonyl (C=O) groups is 1. The molecule has 0 spiro atoms. The van der Waals surface area contributed by atoms with E-state index in [1.165, 1.54) is 6.42 Å². The molecule has 1 N–H and O–H groups in total. The normalized spacial score (nSPS) is 29.4. The van der Waals surface area contributed by atoms with E-state index in [4.69, 9.17) is 9.47 Å². The van der Waals surface area contributed by atoms with Crippen LogP contribution in [0.3, 0.4) is 0 Å². The molecule has 0 unspecified atom stereocenters. The first-order chi connectivity index (χ1) is 10.8. The molecule has 0 radical (unpaired) electrons. The van der Waals surface area contributed by atoms with Gasteiger partial charge >= 0.3 is 6.09 Å². The maximum atomic E-state index is 12.2. The van der Waals surface area contributed by atoms with Gasteiger partial charge in [-0.05, 0) is 78.3 Å². The van der Waals surface area contributed by atoms with Crippen molar-refractivity contribution in [2.45, 2.75) is 65.1 Å². The van der Waals surface area contributed by atoms with Gasteiger partial charge in [0.1, 0.15) is 5.60 Å². The Bertz CT molecular complexity index is 381. The second-order valence-corrected chi connectivity index (χ2v) is 8.16. The summed E-state index contributed by atoms with van der Waals surface area (Å²) in [7, 11) is 0. The molecule has 5 nitrogen and oxygen atoms in total. The molecule has 2 heterocycles. The molecular weight excluding hydrogens is 292 g/mol. The van der Waals surface area contributed by atoms with Crippen molar-refractivity contribution in [2.24, 2.45) is 11.8 Å². The molecule has 0 saturated carbocycles. The van der Waals surface area contributed by atoms with E-state index in [9.17, 15) is 4.79 Å². The van der Waals surface area contributed by atoms with Gasteiger partial charge in [0.2, 0.25) is 0 Å². The van der Waals surface area contributed by atoms with Crippen molar-refractivity contribution in [3.63, 3.8) is 0 Å². The van der Waals surface area contributed by atoms with Crippen LogP contribution in [-0.2, 0) is 9.47 Å². The van der Waals surface area contributed by atoms with Crippen LogP contribution in [0, 0.1) is 11.8 Å². The van der Waals surface area contributed by atoms with E-state index in [0.717, 1.165) is 58.0 Å². The molecule has 2 aliphatic rings. The average molecular weight is 326 g/mol. The van der Waals surface area contributed by atoms with Crippen LogP contribution < -0.4 is 5.32 Å². The quantitative estimate of drug-likeness (QED) is 0.863. The first kappa shape index (κ1) is 18.5. The summed E-state index contributed by atoms with van der Waals surface area (Å²) in [6.07, 6.45) is 4.80. The largest absolute Gasteiger partial charge is 0.444 e. The Morgan fingerprint density at radius 1 is 1.26 bits per heavy atom. The van der Waals surface area contributed by atoms with Crippen molar-refractivity contribution in [3.8, 4) is 0 Å². The highest BCUT2D eigenvalue weighted by Crippen LogP contribution is 2.21. The van der Waals surface area contributed by atoms with Crippen LogP contribution in [0.4, 0.5) is 4.79 Å². The zero-order valence-electron chi connectivity index (χ0n) is 15.3. The SMILES string of the molecule is C[C@@H]1C[C@H](CNC[C@@H]2CCCN(C(=O)OC(C)(C)C)C2)CCO1. The van der Waals surface area contributed by atoms with Crippen LogP contribution in [0.1, 0.15) is 53.4 Å². The average Bonchev–Trinajstić information content (AvgIpc) is 2.46. The molecule has 2 aliphatic heterocycles. The highest BCUT2D eigenvalue weighted by atomic mass is 16.6.